The van der Waals surface area contributed by atoms with Gasteiger partial charge in [0.1, 0.15) is 5.82 Å². The molecular weight excluding hydrogens is 370 g/mol. The van der Waals surface area contributed by atoms with E-state index in [4.69, 9.17) is 4.74 Å². The Bertz CT molecular complexity index is 1210. The minimum absolute atomic E-state index is 0.157. The molecule has 29 heavy (non-hydrogen) atoms. The Balaban J connectivity index is 1.36. The number of nitrogens with zero attached hydrogens (tertiary/aromatic N) is 5. The van der Waals surface area contributed by atoms with Gasteiger partial charge in [0.25, 0.3) is 5.91 Å². The zero-order valence-corrected chi connectivity index (χ0v) is 16.2. The van der Waals surface area contributed by atoms with Crippen LogP contribution in [0.1, 0.15) is 28.5 Å². The number of hydrogen-bond acceptors (Lipinski definition) is 6. The van der Waals surface area contributed by atoms with Crippen molar-refractivity contribution in [2.45, 2.75) is 18.6 Å². The Hall–Kier alpha value is -3.30. The summed E-state index contributed by atoms with van der Waals surface area (Å²) < 4.78 is 9.06. The lowest BCUT2D eigenvalue weighted by Crippen LogP contribution is -2.16. The number of methoxy groups -OCH3 is 1. The number of imidazole rings is 1. The number of nitrogens with one attached hydrogen (secondary N) is 2. The molecule has 0 saturated carbocycles. The highest BCUT2D eigenvalue weighted by atomic mass is 16.5. The smallest absolute Gasteiger partial charge is 0.256 e. The molecule has 1 aliphatic heterocycles. The Morgan fingerprint density at radius 1 is 1.31 bits per heavy atom. The number of rotatable bonds is 4. The van der Waals surface area contributed by atoms with Gasteiger partial charge in [-0.2, -0.15) is 5.10 Å². The van der Waals surface area contributed by atoms with Crippen molar-refractivity contribution in [3.05, 3.63) is 54.2 Å². The first kappa shape index (κ1) is 17.8. The topological polar surface area (TPSA) is 98.4 Å². The summed E-state index contributed by atoms with van der Waals surface area (Å²) in [5.74, 6) is 0.246. The first-order valence-corrected chi connectivity index (χ1v) is 9.44. The van der Waals surface area contributed by atoms with Crippen molar-refractivity contribution in [3.63, 3.8) is 0 Å². The van der Waals surface area contributed by atoms with Crippen molar-refractivity contribution in [1.29, 1.82) is 0 Å². The van der Waals surface area contributed by atoms with Crippen LogP contribution in [0.5, 0.6) is 0 Å². The van der Waals surface area contributed by atoms with Crippen LogP contribution in [-0.4, -0.2) is 49.8 Å². The lowest BCUT2D eigenvalue weighted by molar-refractivity contribution is 0.102. The first-order valence-electron chi connectivity index (χ1n) is 9.44. The third kappa shape index (κ3) is 3.24. The highest BCUT2D eigenvalue weighted by molar-refractivity contribution is 6.05. The van der Waals surface area contributed by atoms with Crippen LogP contribution in [-0.2, 0) is 11.8 Å². The van der Waals surface area contributed by atoms with Crippen LogP contribution >= 0.6 is 0 Å². The summed E-state index contributed by atoms with van der Waals surface area (Å²) in [5, 5.41) is 11.4. The van der Waals surface area contributed by atoms with Crippen LogP contribution in [0, 0.1) is 0 Å². The largest absolute Gasteiger partial charge is 0.380 e. The molecule has 0 bridgehead atoms. The number of hydrogen-bond donors (Lipinski definition) is 2. The van der Waals surface area contributed by atoms with Gasteiger partial charge in [0, 0.05) is 37.8 Å². The molecule has 2 N–H and O–H groups in total. The third-order valence-corrected chi connectivity index (χ3v) is 5.39. The lowest BCUT2D eigenvalue weighted by atomic mass is 10.1. The standard InChI is InChI=1S/C20H21N7O2/c1-26-17-4-3-12(5-13(17)7-23-26)20(28)25-18-11-27-10-16(24-19(27)9-22-18)15-6-14(29-2)8-21-15/h3-5,7,9-11,14-15,21H,6,8H2,1-2H3,(H,25,28)/t14-,15?/m1/s1. The van der Waals surface area contributed by atoms with E-state index in [1.165, 1.54) is 0 Å². The molecule has 1 saturated heterocycles. The number of carbonyl (C=O) groups is 1. The molecular formula is C20H21N7O2. The van der Waals surface area contributed by atoms with Crippen LogP contribution in [0.15, 0.2) is 43.0 Å². The summed E-state index contributed by atoms with van der Waals surface area (Å²) in [6.45, 7) is 0.815. The number of aryl methyl sites for hydroxylation is 1. The Morgan fingerprint density at radius 3 is 3.03 bits per heavy atom. The molecule has 1 amide bonds. The van der Waals surface area contributed by atoms with Crippen LogP contribution in [0.4, 0.5) is 5.82 Å². The van der Waals surface area contributed by atoms with Crippen molar-refractivity contribution in [2.75, 3.05) is 19.0 Å². The van der Waals surface area contributed by atoms with E-state index < -0.39 is 0 Å². The Kier molecular flexibility index (Phi) is 4.26. The van der Waals surface area contributed by atoms with Gasteiger partial charge in [-0.1, -0.05) is 0 Å². The Labute approximate surface area is 166 Å². The van der Waals surface area contributed by atoms with Crippen LogP contribution < -0.4 is 10.6 Å². The van der Waals surface area contributed by atoms with E-state index in [-0.39, 0.29) is 18.1 Å². The van der Waals surface area contributed by atoms with E-state index in [1.807, 2.05) is 29.8 Å². The zero-order chi connectivity index (χ0) is 20.0. The van der Waals surface area contributed by atoms with Crippen molar-refractivity contribution >= 4 is 28.3 Å². The molecule has 9 heteroatoms. The van der Waals surface area contributed by atoms with Gasteiger partial charge < -0.3 is 19.8 Å². The fraction of sp³-hybridized carbons (Fsp3) is 0.300. The van der Waals surface area contributed by atoms with Gasteiger partial charge in [-0.25, -0.2) is 9.97 Å². The normalized spacial score (nSPS) is 19.2. The number of benzene rings is 1. The minimum Gasteiger partial charge on any atom is -0.380 e. The minimum atomic E-state index is -0.219. The molecule has 0 spiro atoms. The van der Waals surface area contributed by atoms with E-state index in [2.05, 4.69) is 25.7 Å². The van der Waals surface area contributed by atoms with E-state index in [0.717, 1.165) is 35.2 Å². The van der Waals surface area contributed by atoms with E-state index in [0.29, 0.717) is 11.4 Å². The quantitative estimate of drug-likeness (QED) is 0.552. The molecule has 0 radical (unpaired) electrons. The van der Waals surface area contributed by atoms with Gasteiger partial charge in [-0.3, -0.25) is 9.48 Å². The average molecular weight is 391 g/mol. The summed E-state index contributed by atoms with van der Waals surface area (Å²) in [5.41, 5.74) is 3.21. The average Bonchev–Trinajstić information content (AvgIpc) is 3.45. The maximum absolute atomic E-state index is 12.7. The maximum Gasteiger partial charge on any atom is 0.256 e. The number of fused-ring (bicyclic) bond motifs is 2. The number of amides is 1. The van der Waals surface area contributed by atoms with Crippen LogP contribution in [0.25, 0.3) is 16.6 Å². The monoisotopic (exact) mass is 391 g/mol. The van der Waals surface area contributed by atoms with Gasteiger partial charge >= 0.3 is 0 Å². The molecule has 1 aliphatic rings. The van der Waals surface area contributed by atoms with Crippen molar-refractivity contribution < 1.29 is 9.53 Å². The summed E-state index contributed by atoms with van der Waals surface area (Å²) in [6, 6.07) is 5.65. The third-order valence-electron chi connectivity index (χ3n) is 5.39. The van der Waals surface area contributed by atoms with Gasteiger partial charge in [0.2, 0.25) is 0 Å². The van der Waals surface area contributed by atoms with Gasteiger partial charge in [0.05, 0.1) is 41.9 Å². The van der Waals surface area contributed by atoms with Crippen molar-refractivity contribution in [2.24, 2.45) is 7.05 Å². The summed E-state index contributed by atoms with van der Waals surface area (Å²) in [4.78, 5) is 21.6. The second kappa shape index (κ2) is 6.94. The zero-order valence-electron chi connectivity index (χ0n) is 16.2. The molecule has 3 aromatic heterocycles. The highest BCUT2D eigenvalue weighted by Crippen LogP contribution is 2.24. The van der Waals surface area contributed by atoms with Gasteiger partial charge in [-0.05, 0) is 24.6 Å². The Morgan fingerprint density at radius 2 is 2.21 bits per heavy atom. The van der Waals surface area contributed by atoms with Crippen molar-refractivity contribution in [1.82, 2.24) is 29.5 Å². The van der Waals surface area contributed by atoms with E-state index in [9.17, 15) is 4.79 Å². The fourth-order valence-corrected chi connectivity index (χ4v) is 3.75. The second-order valence-electron chi connectivity index (χ2n) is 7.25. The molecule has 1 fully saturated rings. The predicted molar refractivity (Wildman–Crippen MR) is 108 cm³/mol. The molecule has 1 aromatic carbocycles. The van der Waals surface area contributed by atoms with Crippen LogP contribution in [0.3, 0.4) is 0 Å². The molecule has 0 aliphatic carbocycles. The first-order chi connectivity index (χ1) is 14.1. The van der Waals surface area contributed by atoms with Gasteiger partial charge in [0.15, 0.2) is 5.65 Å². The maximum atomic E-state index is 12.7. The van der Waals surface area contributed by atoms with E-state index in [1.54, 1.807) is 36.4 Å². The molecule has 4 heterocycles. The molecule has 9 nitrogen and oxygen atoms in total. The number of ether oxygens (including phenoxy) is 1. The number of carbonyl (C=O) groups excluding carboxylic acids is 1. The highest BCUT2D eigenvalue weighted by Gasteiger charge is 2.27. The fourth-order valence-electron chi connectivity index (χ4n) is 3.75. The van der Waals surface area contributed by atoms with Crippen molar-refractivity contribution in [3.8, 4) is 0 Å². The molecule has 4 aromatic rings. The van der Waals surface area contributed by atoms with Gasteiger partial charge in [-0.15, -0.1) is 0 Å². The molecule has 1 unspecified atom stereocenters. The molecule has 2 atom stereocenters. The summed E-state index contributed by atoms with van der Waals surface area (Å²) in [6.07, 6.45) is 8.23. The SMILES string of the molecule is CO[C@H]1CNC(c2cn3cc(NC(=O)c4ccc5c(cnn5C)c4)ncc3n2)C1. The second-order valence-corrected chi connectivity index (χ2v) is 7.25. The lowest BCUT2D eigenvalue weighted by Gasteiger charge is -2.06. The summed E-state index contributed by atoms with van der Waals surface area (Å²) >= 11 is 0. The van der Waals surface area contributed by atoms with E-state index >= 15 is 0 Å². The summed E-state index contributed by atoms with van der Waals surface area (Å²) in [7, 11) is 3.60. The predicted octanol–water partition coefficient (Wildman–Crippen LogP) is 1.92. The number of aromatic nitrogens is 5. The molecule has 148 valence electrons. The number of anilines is 1. The van der Waals surface area contributed by atoms with Crippen LogP contribution in [0.2, 0.25) is 0 Å². The molecule has 5 rings (SSSR count).